The molecule has 0 N–H and O–H groups in total. The van der Waals surface area contributed by atoms with E-state index >= 15 is 0 Å². The maximum absolute atomic E-state index is 12.6. The Labute approximate surface area is 140 Å². The zero-order valence-electron chi connectivity index (χ0n) is 14.0. The summed E-state index contributed by atoms with van der Waals surface area (Å²) in [6.45, 7) is 3.15. The highest BCUT2D eigenvalue weighted by atomic mass is 16.2. The molecule has 0 unspecified atom stereocenters. The quantitative estimate of drug-likeness (QED) is 0.820. The normalized spacial score (nSPS) is 16.6. The fourth-order valence-electron chi connectivity index (χ4n) is 2.78. The van der Waals surface area contributed by atoms with Crippen molar-refractivity contribution in [2.24, 2.45) is 0 Å². The lowest BCUT2D eigenvalue weighted by molar-refractivity contribution is -0.128. The number of rotatable bonds is 3. The van der Waals surface area contributed by atoms with Gasteiger partial charge in [-0.25, -0.2) is 9.97 Å². The first-order valence-electron chi connectivity index (χ1n) is 7.80. The first-order valence-corrected chi connectivity index (χ1v) is 7.80. The Morgan fingerprint density at radius 1 is 1.29 bits per heavy atom. The van der Waals surface area contributed by atoms with Gasteiger partial charge in [0.1, 0.15) is 11.5 Å². The highest BCUT2D eigenvalue weighted by Crippen LogP contribution is 2.26. The second-order valence-corrected chi connectivity index (χ2v) is 6.01. The Morgan fingerprint density at radius 3 is 2.75 bits per heavy atom. The minimum atomic E-state index is -0.184. The molecule has 8 heteroatoms. The molecule has 0 radical (unpaired) electrons. The van der Waals surface area contributed by atoms with E-state index in [1.807, 2.05) is 17.7 Å². The van der Waals surface area contributed by atoms with Gasteiger partial charge in [0.25, 0.3) is 5.91 Å². The van der Waals surface area contributed by atoms with Gasteiger partial charge in [0.15, 0.2) is 0 Å². The van der Waals surface area contributed by atoms with E-state index in [-0.39, 0.29) is 24.3 Å². The van der Waals surface area contributed by atoms with Crippen molar-refractivity contribution in [1.82, 2.24) is 29.3 Å². The molecule has 1 atom stereocenters. The Kier molecular flexibility index (Phi) is 4.28. The Hall–Kier alpha value is -2.77. The van der Waals surface area contributed by atoms with Gasteiger partial charge in [0.2, 0.25) is 5.91 Å². The summed E-state index contributed by atoms with van der Waals surface area (Å²) in [5.74, 6) is 0.640. The molecule has 2 aromatic heterocycles. The molecule has 8 nitrogen and oxygen atoms in total. The van der Waals surface area contributed by atoms with E-state index < -0.39 is 0 Å². The van der Waals surface area contributed by atoms with E-state index in [9.17, 15) is 9.59 Å². The van der Waals surface area contributed by atoms with Crippen LogP contribution < -0.4 is 0 Å². The number of amides is 2. The van der Waals surface area contributed by atoms with Gasteiger partial charge in [-0.05, 0) is 6.92 Å². The van der Waals surface area contributed by atoms with E-state index in [1.165, 1.54) is 18.6 Å². The lowest BCUT2D eigenvalue weighted by Crippen LogP contribution is -2.41. The topological polar surface area (TPSA) is 84.2 Å². The summed E-state index contributed by atoms with van der Waals surface area (Å²) < 4.78 is 2.02. The Bertz CT molecular complexity index is 755. The van der Waals surface area contributed by atoms with Crippen molar-refractivity contribution in [1.29, 1.82) is 0 Å². The molecule has 3 heterocycles. The summed E-state index contributed by atoms with van der Waals surface area (Å²) >= 11 is 0. The molecule has 1 aliphatic heterocycles. The Morgan fingerprint density at radius 2 is 2.08 bits per heavy atom. The molecule has 0 aliphatic carbocycles. The predicted molar refractivity (Wildman–Crippen MR) is 86.1 cm³/mol. The monoisotopic (exact) mass is 328 g/mol. The molecular weight excluding hydrogens is 308 g/mol. The van der Waals surface area contributed by atoms with Crippen molar-refractivity contribution in [2.45, 2.75) is 25.9 Å². The molecule has 0 saturated carbocycles. The third kappa shape index (κ3) is 2.99. The van der Waals surface area contributed by atoms with Crippen molar-refractivity contribution in [3.05, 3.63) is 42.0 Å². The van der Waals surface area contributed by atoms with Crippen molar-refractivity contribution in [3.8, 4) is 0 Å². The third-order valence-electron chi connectivity index (χ3n) is 4.15. The Balaban J connectivity index is 1.80. The van der Waals surface area contributed by atoms with Crippen LogP contribution >= 0.6 is 0 Å². The zero-order valence-corrected chi connectivity index (χ0v) is 14.0. The third-order valence-corrected chi connectivity index (χ3v) is 4.15. The first kappa shape index (κ1) is 16.1. The summed E-state index contributed by atoms with van der Waals surface area (Å²) in [7, 11) is 3.45. The number of hydrogen-bond donors (Lipinski definition) is 0. The second-order valence-electron chi connectivity index (χ2n) is 6.01. The van der Waals surface area contributed by atoms with Gasteiger partial charge in [-0.2, -0.15) is 0 Å². The van der Waals surface area contributed by atoms with Gasteiger partial charge in [-0.3, -0.25) is 14.6 Å². The van der Waals surface area contributed by atoms with Crippen LogP contribution in [0.5, 0.6) is 0 Å². The van der Waals surface area contributed by atoms with Crippen LogP contribution in [0.1, 0.15) is 35.0 Å². The molecule has 126 valence electrons. The van der Waals surface area contributed by atoms with Gasteiger partial charge < -0.3 is 14.4 Å². The molecular formula is C16H20N6O2. The summed E-state index contributed by atoms with van der Waals surface area (Å²) in [5, 5.41) is 0. The average Bonchev–Trinajstić information content (AvgIpc) is 2.99. The molecule has 2 amide bonds. The van der Waals surface area contributed by atoms with Gasteiger partial charge in [0.05, 0.1) is 24.4 Å². The standard InChI is InChI=1S/C16H20N6O2/c1-11-15-19-12(8-14(23)20(2)3)10-21(15)6-7-22(11)16(24)13-9-17-4-5-18-13/h4-5,9-11H,6-8H2,1-3H3/t11-/m0/s1. The largest absolute Gasteiger partial charge is 0.348 e. The molecule has 3 rings (SSSR count). The molecule has 0 bridgehead atoms. The fraction of sp³-hybridized carbons (Fsp3) is 0.438. The van der Waals surface area contributed by atoms with Crippen LogP contribution in [0.2, 0.25) is 0 Å². The van der Waals surface area contributed by atoms with Crippen LogP contribution in [0.4, 0.5) is 0 Å². The van der Waals surface area contributed by atoms with Gasteiger partial charge in [-0.15, -0.1) is 0 Å². The molecule has 2 aromatic rings. The summed E-state index contributed by atoms with van der Waals surface area (Å²) in [6, 6.07) is -0.184. The smallest absolute Gasteiger partial charge is 0.274 e. The van der Waals surface area contributed by atoms with Gasteiger partial charge in [-0.1, -0.05) is 0 Å². The minimum absolute atomic E-state index is 0.00518. The molecule has 0 saturated heterocycles. The number of carbonyl (C=O) groups is 2. The van der Waals surface area contributed by atoms with Crippen molar-refractivity contribution in [3.63, 3.8) is 0 Å². The fourth-order valence-corrected chi connectivity index (χ4v) is 2.78. The van der Waals surface area contributed by atoms with Gasteiger partial charge in [0, 0.05) is 45.8 Å². The summed E-state index contributed by atoms with van der Waals surface area (Å²) in [6.07, 6.45) is 6.68. The van der Waals surface area contributed by atoms with Crippen molar-refractivity contribution in [2.75, 3.05) is 20.6 Å². The van der Waals surface area contributed by atoms with Gasteiger partial charge >= 0.3 is 0 Å². The molecule has 0 fully saturated rings. The lowest BCUT2D eigenvalue weighted by Gasteiger charge is -2.33. The van der Waals surface area contributed by atoms with Crippen LogP contribution in [-0.4, -0.2) is 61.8 Å². The SMILES string of the molecule is C[C@H]1c2nc(CC(=O)N(C)C)cn2CCN1C(=O)c1cnccn1. The van der Waals surface area contributed by atoms with Crippen molar-refractivity contribution < 1.29 is 9.59 Å². The van der Waals surface area contributed by atoms with E-state index in [2.05, 4.69) is 15.0 Å². The second kappa shape index (κ2) is 6.38. The number of aromatic nitrogens is 4. The molecule has 1 aliphatic rings. The van der Waals surface area contributed by atoms with Crippen LogP contribution in [-0.2, 0) is 17.8 Å². The first-order chi connectivity index (χ1) is 11.5. The summed E-state index contributed by atoms with van der Waals surface area (Å²) in [4.78, 5) is 40.4. The molecule has 0 spiro atoms. The maximum Gasteiger partial charge on any atom is 0.274 e. The zero-order chi connectivity index (χ0) is 17.3. The van der Waals surface area contributed by atoms with E-state index in [1.54, 1.807) is 23.9 Å². The summed E-state index contributed by atoms with van der Waals surface area (Å²) in [5.41, 5.74) is 1.05. The lowest BCUT2D eigenvalue weighted by atomic mass is 10.2. The van der Waals surface area contributed by atoms with E-state index in [0.717, 1.165) is 11.5 Å². The predicted octanol–water partition coefficient (Wildman–Crippen LogP) is 0.521. The number of carbonyl (C=O) groups excluding carboxylic acids is 2. The highest BCUT2D eigenvalue weighted by Gasteiger charge is 2.31. The minimum Gasteiger partial charge on any atom is -0.348 e. The highest BCUT2D eigenvalue weighted by molar-refractivity contribution is 5.92. The number of imidazole rings is 1. The van der Waals surface area contributed by atoms with Crippen LogP contribution in [0, 0.1) is 0 Å². The number of likely N-dealkylation sites (N-methyl/N-ethyl adjacent to an activating group) is 1. The van der Waals surface area contributed by atoms with E-state index in [0.29, 0.717) is 18.8 Å². The average molecular weight is 328 g/mol. The van der Waals surface area contributed by atoms with Crippen molar-refractivity contribution >= 4 is 11.8 Å². The van der Waals surface area contributed by atoms with E-state index in [4.69, 9.17) is 0 Å². The van der Waals surface area contributed by atoms with Crippen LogP contribution in [0.15, 0.2) is 24.8 Å². The van der Waals surface area contributed by atoms with Crippen LogP contribution in [0.25, 0.3) is 0 Å². The maximum atomic E-state index is 12.6. The number of hydrogen-bond acceptors (Lipinski definition) is 5. The molecule has 24 heavy (non-hydrogen) atoms. The van der Waals surface area contributed by atoms with Crippen LogP contribution in [0.3, 0.4) is 0 Å². The number of nitrogens with zero attached hydrogens (tertiary/aromatic N) is 6. The number of fused-ring (bicyclic) bond motifs is 1. The molecule has 0 aromatic carbocycles.